The first-order valence-corrected chi connectivity index (χ1v) is 7.40. The largest absolute Gasteiger partial charge is 0.370 e. The van der Waals surface area contributed by atoms with Gasteiger partial charge in [-0.1, -0.05) is 0 Å². The van der Waals surface area contributed by atoms with Crippen LogP contribution in [0.5, 0.6) is 0 Å². The minimum absolute atomic E-state index is 0.00814. The van der Waals surface area contributed by atoms with Gasteiger partial charge < -0.3 is 14.6 Å². The second-order valence-electron chi connectivity index (χ2n) is 5.19. The molecule has 7 heteroatoms. The van der Waals surface area contributed by atoms with Crippen LogP contribution in [0.4, 0.5) is 5.82 Å². The van der Waals surface area contributed by atoms with E-state index in [1.165, 1.54) is 6.20 Å². The van der Waals surface area contributed by atoms with Crippen LogP contribution in [0.25, 0.3) is 0 Å². The lowest BCUT2D eigenvalue weighted by Crippen LogP contribution is -2.21. The first kappa shape index (κ1) is 14.5. The van der Waals surface area contributed by atoms with E-state index >= 15 is 0 Å². The van der Waals surface area contributed by atoms with Gasteiger partial charge in [0.1, 0.15) is 23.8 Å². The molecule has 2 aromatic heterocycles. The SMILES string of the molecule is CCn1ccnc1[C@@H]1OCC[C@H]1CNc1cnc(C#N)cn1. The van der Waals surface area contributed by atoms with Gasteiger partial charge in [0, 0.05) is 38.0 Å². The van der Waals surface area contributed by atoms with Crippen molar-refractivity contribution < 1.29 is 4.74 Å². The van der Waals surface area contributed by atoms with Gasteiger partial charge >= 0.3 is 0 Å². The number of imidazole rings is 1. The quantitative estimate of drug-likeness (QED) is 0.904. The maximum Gasteiger partial charge on any atom is 0.158 e. The molecule has 1 aliphatic heterocycles. The fraction of sp³-hybridized carbons (Fsp3) is 0.467. The number of ether oxygens (including phenoxy) is 1. The lowest BCUT2D eigenvalue weighted by molar-refractivity contribution is 0.0832. The van der Waals surface area contributed by atoms with Gasteiger partial charge in [0.2, 0.25) is 0 Å². The third kappa shape index (κ3) is 2.92. The van der Waals surface area contributed by atoms with Gasteiger partial charge in [0.25, 0.3) is 0 Å². The van der Waals surface area contributed by atoms with E-state index in [0.29, 0.717) is 17.4 Å². The molecule has 0 saturated carbocycles. The van der Waals surface area contributed by atoms with Crippen molar-refractivity contribution in [3.63, 3.8) is 0 Å². The molecular weight excluding hydrogens is 280 g/mol. The highest BCUT2D eigenvalue weighted by Gasteiger charge is 2.32. The molecule has 0 spiro atoms. The van der Waals surface area contributed by atoms with E-state index < -0.39 is 0 Å². The highest BCUT2D eigenvalue weighted by molar-refractivity contribution is 5.33. The molecular formula is C15H18N6O. The molecule has 1 N–H and O–H groups in total. The van der Waals surface area contributed by atoms with Gasteiger partial charge in [-0.05, 0) is 13.3 Å². The van der Waals surface area contributed by atoms with Crippen LogP contribution in [0.3, 0.4) is 0 Å². The van der Waals surface area contributed by atoms with Crippen molar-refractivity contribution >= 4 is 5.82 Å². The molecule has 0 amide bonds. The summed E-state index contributed by atoms with van der Waals surface area (Å²) in [4.78, 5) is 12.6. The number of nitrogens with one attached hydrogen (secondary N) is 1. The fourth-order valence-corrected chi connectivity index (χ4v) is 2.69. The van der Waals surface area contributed by atoms with Crippen molar-refractivity contribution in [2.75, 3.05) is 18.5 Å². The molecule has 1 saturated heterocycles. The maximum atomic E-state index is 8.72. The third-order valence-electron chi connectivity index (χ3n) is 3.87. The average molecular weight is 298 g/mol. The topological polar surface area (TPSA) is 88.6 Å². The molecule has 114 valence electrons. The molecule has 7 nitrogen and oxygen atoms in total. The van der Waals surface area contributed by atoms with Crippen LogP contribution >= 0.6 is 0 Å². The molecule has 3 rings (SSSR count). The van der Waals surface area contributed by atoms with Crippen LogP contribution in [-0.2, 0) is 11.3 Å². The zero-order chi connectivity index (χ0) is 15.4. The lowest BCUT2D eigenvalue weighted by Gasteiger charge is -2.19. The Morgan fingerprint density at radius 3 is 3.05 bits per heavy atom. The fourth-order valence-electron chi connectivity index (χ4n) is 2.69. The number of anilines is 1. The Hall–Kier alpha value is -2.46. The van der Waals surface area contributed by atoms with Gasteiger partial charge in [-0.3, -0.25) is 0 Å². The smallest absolute Gasteiger partial charge is 0.158 e. The van der Waals surface area contributed by atoms with E-state index in [0.717, 1.165) is 31.9 Å². The number of aromatic nitrogens is 4. The Bertz CT molecular complexity index is 659. The highest BCUT2D eigenvalue weighted by Crippen LogP contribution is 2.33. The van der Waals surface area contributed by atoms with Crippen molar-refractivity contribution in [2.24, 2.45) is 5.92 Å². The minimum atomic E-state index is 0.00814. The molecule has 2 aromatic rings. The molecule has 22 heavy (non-hydrogen) atoms. The van der Waals surface area contributed by atoms with Gasteiger partial charge in [-0.2, -0.15) is 5.26 Å². The van der Waals surface area contributed by atoms with Gasteiger partial charge in [-0.15, -0.1) is 0 Å². The lowest BCUT2D eigenvalue weighted by atomic mass is 10.0. The molecule has 1 aliphatic rings. The highest BCUT2D eigenvalue weighted by atomic mass is 16.5. The van der Waals surface area contributed by atoms with Crippen molar-refractivity contribution in [1.82, 2.24) is 19.5 Å². The number of rotatable bonds is 5. The predicted molar refractivity (Wildman–Crippen MR) is 79.9 cm³/mol. The van der Waals surface area contributed by atoms with Crippen LogP contribution in [0.15, 0.2) is 24.8 Å². The molecule has 0 unspecified atom stereocenters. The number of hydrogen-bond acceptors (Lipinski definition) is 6. The molecule has 0 aromatic carbocycles. The minimum Gasteiger partial charge on any atom is -0.370 e. The van der Waals surface area contributed by atoms with Gasteiger partial charge in [0.15, 0.2) is 5.69 Å². The monoisotopic (exact) mass is 298 g/mol. The number of aryl methyl sites for hydroxylation is 1. The molecule has 2 atom stereocenters. The van der Waals surface area contributed by atoms with Crippen LogP contribution in [-0.4, -0.2) is 32.7 Å². The Morgan fingerprint density at radius 1 is 1.41 bits per heavy atom. The van der Waals surface area contributed by atoms with E-state index in [1.807, 2.05) is 18.5 Å². The molecule has 0 radical (unpaired) electrons. The summed E-state index contributed by atoms with van der Waals surface area (Å²) >= 11 is 0. The summed E-state index contributed by atoms with van der Waals surface area (Å²) in [6.07, 6.45) is 7.84. The van der Waals surface area contributed by atoms with Crippen LogP contribution in [0.1, 0.15) is 31.0 Å². The van der Waals surface area contributed by atoms with E-state index in [9.17, 15) is 0 Å². The number of nitrogens with zero attached hydrogens (tertiary/aromatic N) is 5. The van der Waals surface area contributed by atoms with Crippen molar-refractivity contribution in [1.29, 1.82) is 5.26 Å². The molecule has 1 fully saturated rings. The summed E-state index contributed by atoms with van der Waals surface area (Å²) in [6, 6.07) is 1.96. The third-order valence-corrected chi connectivity index (χ3v) is 3.87. The predicted octanol–water partition coefficient (Wildman–Crippen LogP) is 1.75. The molecule has 3 heterocycles. The summed E-state index contributed by atoms with van der Waals surface area (Å²) in [5.74, 6) is 1.99. The zero-order valence-corrected chi connectivity index (χ0v) is 12.4. The summed E-state index contributed by atoms with van der Waals surface area (Å²) in [7, 11) is 0. The first-order chi connectivity index (χ1) is 10.8. The summed E-state index contributed by atoms with van der Waals surface area (Å²) < 4.78 is 7.99. The zero-order valence-electron chi connectivity index (χ0n) is 12.4. The van der Waals surface area contributed by atoms with E-state index in [-0.39, 0.29) is 6.10 Å². The van der Waals surface area contributed by atoms with E-state index in [2.05, 4.69) is 31.8 Å². The molecule has 0 aliphatic carbocycles. The van der Waals surface area contributed by atoms with Crippen LogP contribution < -0.4 is 5.32 Å². The van der Waals surface area contributed by atoms with E-state index in [4.69, 9.17) is 10.00 Å². The summed E-state index contributed by atoms with van der Waals surface area (Å²) in [5, 5.41) is 12.0. The van der Waals surface area contributed by atoms with Crippen molar-refractivity contribution in [3.05, 3.63) is 36.3 Å². The van der Waals surface area contributed by atoms with Crippen molar-refractivity contribution in [3.8, 4) is 6.07 Å². The summed E-state index contributed by atoms with van der Waals surface area (Å²) in [6.45, 7) is 4.46. The Labute approximate surface area is 129 Å². The van der Waals surface area contributed by atoms with Gasteiger partial charge in [0.05, 0.1) is 12.4 Å². The van der Waals surface area contributed by atoms with Gasteiger partial charge in [-0.25, -0.2) is 15.0 Å². The maximum absolute atomic E-state index is 8.72. The standard InChI is InChI=1S/C15H18N6O/c1-2-21-5-4-17-15(21)14-11(3-6-22-14)8-19-13-10-18-12(7-16)9-20-13/h4-5,9-11,14H,2-3,6,8H2,1H3,(H,19,20)/t11-,14+/m0/s1. The van der Waals surface area contributed by atoms with E-state index in [1.54, 1.807) is 6.20 Å². The average Bonchev–Trinajstić information content (AvgIpc) is 3.21. The second kappa shape index (κ2) is 6.54. The number of hydrogen-bond donors (Lipinski definition) is 1. The first-order valence-electron chi connectivity index (χ1n) is 7.40. The molecule has 0 bridgehead atoms. The second-order valence-corrected chi connectivity index (χ2v) is 5.19. The van der Waals surface area contributed by atoms with Crippen molar-refractivity contribution in [2.45, 2.75) is 26.0 Å². The van der Waals surface area contributed by atoms with Crippen LogP contribution in [0.2, 0.25) is 0 Å². The van der Waals surface area contributed by atoms with Crippen LogP contribution in [0, 0.1) is 17.2 Å². The summed E-state index contributed by atoms with van der Waals surface area (Å²) in [5.41, 5.74) is 0.317. The Morgan fingerprint density at radius 2 is 2.32 bits per heavy atom. The Kier molecular flexibility index (Phi) is 4.30. The number of nitriles is 1. The Balaban J connectivity index is 1.65. The normalized spacial score (nSPS) is 20.7.